The lowest BCUT2D eigenvalue weighted by molar-refractivity contribution is -0.130. The molecule has 1 aromatic rings. The van der Waals surface area contributed by atoms with Crippen LogP contribution >= 0.6 is 0 Å². The first kappa shape index (κ1) is 25.0. The molecule has 3 aliphatic heterocycles. The van der Waals surface area contributed by atoms with Crippen LogP contribution in [0.15, 0.2) is 40.0 Å². The molecule has 2 saturated heterocycles. The largest absolute Gasteiger partial charge is 0.493 e. The van der Waals surface area contributed by atoms with Crippen LogP contribution in [-0.4, -0.2) is 78.7 Å². The second kappa shape index (κ2) is 9.50. The third-order valence-corrected chi connectivity index (χ3v) is 8.34. The van der Waals surface area contributed by atoms with E-state index in [1.165, 1.54) is 23.5 Å². The van der Waals surface area contributed by atoms with Crippen LogP contribution in [0.3, 0.4) is 0 Å². The van der Waals surface area contributed by atoms with E-state index in [2.05, 4.69) is 15.7 Å². The molecule has 35 heavy (non-hydrogen) atoms. The Morgan fingerprint density at radius 2 is 1.91 bits per heavy atom. The number of hydrogen-bond acceptors (Lipinski definition) is 8. The number of nitrogens with one attached hydrogen (secondary N) is 2. The molecule has 0 aromatic heterocycles. The van der Waals surface area contributed by atoms with E-state index in [-0.39, 0.29) is 29.8 Å². The van der Waals surface area contributed by atoms with Crippen LogP contribution in [-0.2, 0) is 19.6 Å². The Morgan fingerprint density at radius 3 is 2.54 bits per heavy atom. The van der Waals surface area contributed by atoms with Gasteiger partial charge < -0.3 is 15.0 Å². The molecule has 11 nitrogen and oxygen atoms in total. The van der Waals surface area contributed by atoms with Gasteiger partial charge in [0.2, 0.25) is 15.9 Å². The number of carbonyl (C=O) groups is 2. The van der Waals surface area contributed by atoms with Gasteiger partial charge in [-0.2, -0.15) is 4.31 Å². The smallest absolute Gasteiger partial charge is 0.272 e. The Hall–Kier alpha value is -3.12. The third kappa shape index (κ3) is 4.59. The van der Waals surface area contributed by atoms with Crippen molar-refractivity contribution in [3.8, 4) is 5.75 Å². The standard InChI is InChI=1S/C23H32N6O5S/c1-5-9-23(4)25-22(31)19-15-24-21(26-29(19)23)18-14-17(7-8-20(18)34-6-2)35(32,33)28-12-10-27(11-13-28)16(3)30/h7-8,14-15H,5-6,9-13H2,1-4H3,(H,24,26)(H,25,31). The van der Waals surface area contributed by atoms with Crippen molar-refractivity contribution in [2.45, 2.75) is 51.1 Å². The fourth-order valence-electron chi connectivity index (χ4n) is 4.61. The molecule has 0 aliphatic carbocycles. The SMILES string of the molecule is CCCC1(C)NC(=O)C2=CN=C(c3cc(S(=O)(=O)N4CCN(C(C)=O)CC4)ccc3OCC)NN21. The van der Waals surface area contributed by atoms with Crippen molar-refractivity contribution >= 4 is 27.7 Å². The van der Waals surface area contributed by atoms with E-state index in [4.69, 9.17) is 4.74 Å². The number of fused-ring (bicyclic) bond motifs is 1. The Kier molecular flexibility index (Phi) is 6.78. The molecule has 0 saturated carbocycles. The topological polar surface area (TPSA) is 124 Å². The molecular formula is C23H32N6O5S. The van der Waals surface area contributed by atoms with Gasteiger partial charge in [-0.15, -0.1) is 0 Å². The number of ether oxygens (including phenoxy) is 1. The molecule has 3 aliphatic rings. The van der Waals surface area contributed by atoms with Crippen LogP contribution in [0.25, 0.3) is 0 Å². The van der Waals surface area contributed by atoms with Crippen molar-refractivity contribution in [1.82, 2.24) is 25.0 Å². The van der Waals surface area contributed by atoms with Crippen molar-refractivity contribution in [2.24, 2.45) is 4.99 Å². The third-order valence-electron chi connectivity index (χ3n) is 6.45. The minimum Gasteiger partial charge on any atom is -0.493 e. The van der Waals surface area contributed by atoms with Gasteiger partial charge in [-0.1, -0.05) is 13.3 Å². The fraction of sp³-hybridized carbons (Fsp3) is 0.522. The van der Waals surface area contributed by atoms with Gasteiger partial charge in [0, 0.05) is 33.1 Å². The second-order valence-electron chi connectivity index (χ2n) is 8.92. The molecule has 12 heteroatoms. The van der Waals surface area contributed by atoms with E-state index >= 15 is 0 Å². The summed E-state index contributed by atoms with van der Waals surface area (Å²) in [7, 11) is -3.80. The number of amidine groups is 1. The Morgan fingerprint density at radius 1 is 1.20 bits per heavy atom. The fourth-order valence-corrected chi connectivity index (χ4v) is 6.06. The Labute approximate surface area is 205 Å². The summed E-state index contributed by atoms with van der Waals surface area (Å²) in [5, 5.41) is 4.75. The average molecular weight is 505 g/mol. The van der Waals surface area contributed by atoms with Gasteiger partial charge in [-0.3, -0.25) is 20.0 Å². The van der Waals surface area contributed by atoms with E-state index in [0.29, 0.717) is 49.0 Å². The van der Waals surface area contributed by atoms with E-state index in [1.807, 2.05) is 20.8 Å². The average Bonchev–Trinajstić information content (AvgIpc) is 3.08. The minimum absolute atomic E-state index is 0.0656. The highest BCUT2D eigenvalue weighted by Crippen LogP contribution is 2.32. The van der Waals surface area contributed by atoms with Crippen molar-refractivity contribution < 1.29 is 22.7 Å². The van der Waals surface area contributed by atoms with Gasteiger partial charge in [-0.05, 0) is 38.5 Å². The number of amides is 2. The lowest BCUT2D eigenvalue weighted by Crippen LogP contribution is -2.56. The number of sulfonamides is 1. The van der Waals surface area contributed by atoms with Crippen LogP contribution in [0.1, 0.15) is 46.1 Å². The predicted molar refractivity (Wildman–Crippen MR) is 130 cm³/mol. The summed E-state index contributed by atoms with van der Waals surface area (Å²) in [5.74, 6) is 0.576. The summed E-state index contributed by atoms with van der Waals surface area (Å²) in [6.45, 7) is 8.84. The van der Waals surface area contributed by atoms with Gasteiger partial charge in [-0.25, -0.2) is 13.4 Å². The normalized spacial score (nSPS) is 22.7. The summed E-state index contributed by atoms with van der Waals surface area (Å²) in [5.41, 5.74) is 3.44. The molecule has 0 spiro atoms. The number of benzene rings is 1. The van der Waals surface area contributed by atoms with Gasteiger partial charge in [0.1, 0.15) is 17.1 Å². The zero-order valence-electron chi connectivity index (χ0n) is 20.5. The summed E-state index contributed by atoms with van der Waals surface area (Å²) >= 11 is 0. The highest BCUT2D eigenvalue weighted by molar-refractivity contribution is 7.89. The number of hydrogen-bond donors (Lipinski definition) is 2. The molecule has 2 N–H and O–H groups in total. The number of hydrazine groups is 1. The maximum absolute atomic E-state index is 13.4. The first-order valence-corrected chi connectivity index (χ1v) is 13.2. The van der Waals surface area contributed by atoms with Crippen molar-refractivity contribution in [3.63, 3.8) is 0 Å². The van der Waals surface area contributed by atoms with E-state index < -0.39 is 15.7 Å². The van der Waals surface area contributed by atoms with Gasteiger partial charge in [0.25, 0.3) is 5.91 Å². The van der Waals surface area contributed by atoms with E-state index in [9.17, 15) is 18.0 Å². The molecule has 190 valence electrons. The second-order valence-corrected chi connectivity index (χ2v) is 10.9. The summed E-state index contributed by atoms with van der Waals surface area (Å²) in [6, 6.07) is 4.69. The first-order valence-electron chi connectivity index (χ1n) is 11.8. The summed E-state index contributed by atoms with van der Waals surface area (Å²) in [6.07, 6.45) is 3.04. The summed E-state index contributed by atoms with van der Waals surface area (Å²) < 4.78 is 34.0. The van der Waals surface area contributed by atoms with Crippen LogP contribution in [0.2, 0.25) is 0 Å². The highest BCUT2D eigenvalue weighted by atomic mass is 32.2. The molecule has 0 radical (unpaired) electrons. The van der Waals surface area contributed by atoms with Crippen molar-refractivity contribution in [2.75, 3.05) is 32.8 Å². The van der Waals surface area contributed by atoms with Crippen LogP contribution in [0.5, 0.6) is 5.75 Å². The van der Waals surface area contributed by atoms with Gasteiger partial charge in [0.15, 0.2) is 5.84 Å². The molecule has 1 atom stereocenters. The zero-order valence-corrected chi connectivity index (χ0v) is 21.3. The van der Waals surface area contributed by atoms with E-state index in [0.717, 1.165) is 6.42 Å². The van der Waals surface area contributed by atoms with Crippen LogP contribution < -0.4 is 15.5 Å². The molecule has 4 rings (SSSR count). The van der Waals surface area contributed by atoms with Crippen LogP contribution in [0, 0.1) is 0 Å². The van der Waals surface area contributed by atoms with Crippen molar-refractivity contribution in [1.29, 1.82) is 0 Å². The molecule has 2 amide bonds. The Balaban J connectivity index is 1.67. The molecule has 1 aromatic carbocycles. The molecule has 3 heterocycles. The number of nitrogens with zero attached hydrogens (tertiary/aromatic N) is 4. The quantitative estimate of drug-likeness (QED) is 0.568. The molecular weight excluding hydrogens is 472 g/mol. The number of rotatable bonds is 7. The zero-order chi connectivity index (χ0) is 25.4. The lowest BCUT2D eigenvalue weighted by Gasteiger charge is -2.37. The number of aliphatic imine (C=N–C) groups is 1. The lowest BCUT2D eigenvalue weighted by atomic mass is 10.1. The highest BCUT2D eigenvalue weighted by Gasteiger charge is 2.45. The molecule has 2 fully saturated rings. The maximum atomic E-state index is 13.4. The van der Waals surface area contributed by atoms with E-state index in [1.54, 1.807) is 22.0 Å². The number of carbonyl (C=O) groups excluding carboxylic acids is 2. The minimum atomic E-state index is -3.80. The van der Waals surface area contributed by atoms with Gasteiger partial charge in [0.05, 0.1) is 23.3 Å². The monoisotopic (exact) mass is 504 g/mol. The first-order chi connectivity index (χ1) is 16.6. The predicted octanol–water partition coefficient (Wildman–Crippen LogP) is 0.992. The molecule has 0 bridgehead atoms. The Bertz CT molecular complexity index is 1190. The van der Waals surface area contributed by atoms with Gasteiger partial charge >= 0.3 is 0 Å². The van der Waals surface area contributed by atoms with Crippen molar-refractivity contribution in [3.05, 3.63) is 35.7 Å². The number of piperazine rings is 1. The summed E-state index contributed by atoms with van der Waals surface area (Å²) in [4.78, 5) is 30.3. The van der Waals surface area contributed by atoms with Crippen LogP contribution in [0.4, 0.5) is 0 Å². The maximum Gasteiger partial charge on any atom is 0.272 e. The molecule has 1 unspecified atom stereocenters.